The molecular formula is C20H14N2O3S. The van der Waals surface area contributed by atoms with Crippen molar-refractivity contribution in [3.05, 3.63) is 77.2 Å². The quantitative estimate of drug-likeness (QED) is 0.373. The Bertz CT molecular complexity index is 1140. The van der Waals surface area contributed by atoms with E-state index >= 15 is 0 Å². The third-order valence-corrected chi connectivity index (χ3v) is 5.23. The van der Waals surface area contributed by atoms with Gasteiger partial charge in [0.2, 0.25) is 0 Å². The minimum atomic E-state index is -0.549. The fourth-order valence-corrected chi connectivity index (χ4v) is 3.89. The van der Waals surface area contributed by atoms with Crippen molar-refractivity contribution in [3.63, 3.8) is 0 Å². The molecule has 26 heavy (non-hydrogen) atoms. The number of amides is 2. The second-order valence-electron chi connectivity index (χ2n) is 5.79. The fraction of sp³-hybridized carbons (Fsp3) is 0. The Morgan fingerprint density at radius 1 is 0.846 bits per heavy atom. The van der Waals surface area contributed by atoms with Gasteiger partial charge in [-0.05, 0) is 40.4 Å². The molecule has 0 atom stereocenters. The lowest BCUT2D eigenvalue weighted by molar-refractivity contribution is 0.0711. The lowest BCUT2D eigenvalue weighted by atomic mass is 10.0. The van der Waals surface area contributed by atoms with Crippen molar-refractivity contribution >= 4 is 49.7 Å². The number of hydrogen-bond acceptors (Lipinski definition) is 4. The molecular weight excluding hydrogens is 348 g/mol. The van der Waals surface area contributed by atoms with E-state index in [1.54, 1.807) is 23.7 Å². The second-order valence-corrected chi connectivity index (χ2v) is 6.87. The third-order valence-electron chi connectivity index (χ3n) is 4.14. The van der Waals surface area contributed by atoms with Gasteiger partial charge in [-0.1, -0.05) is 42.5 Å². The van der Waals surface area contributed by atoms with E-state index in [9.17, 15) is 9.59 Å². The second kappa shape index (κ2) is 6.59. The summed E-state index contributed by atoms with van der Waals surface area (Å²) in [5.74, 6) is -0.737. The minimum absolute atomic E-state index is 0.189. The first-order valence-corrected chi connectivity index (χ1v) is 8.74. The van der Waals surface area contributed by atoms with Crippen LogP contribution in [0.15, 0.2) is 66.7 Å². The zero-order chi connectivity index (χ0) is 18.1. The molecule has 6 heteroatoms. The summed E-state index contributed by atoms with van der Waals surface area (Å²) >= 11 is 1.25. The molecule has 128 valence electrons. The molecule has 3 N–H and O–H groups in total. The van der Waals surface area contributed by atoms with Crippen LogP contribution in [0.2, 0.25) is 0 Å². The molecule has 0 aliphatic carbocycles. The molecule has 0 saturated carbocycles. The van der Waals surface area contributed by atoms with Crippen LogP contribution in [0.4, 0.5) is 5.69 Å². The van der Waals surface area contributed by atoms with Crippen molar-refractivity contribution < 1.29 is 14.8 Å². The molecule has 5 nitrogen and oxygen atoms in total. The molecule has 0 saturated heterocycles. The maximum Gasteiger partial charge on any atom is 0.284 e. The van der Waals surface area contributed by atoms with Crippen molar-refractivity contribution in [1.82, 2.24) is 5.48 Å². The Kier molecular flexibility index (Phi) is 4.12. The summed E-state index contributed by atoms with van der Waals surface area (Å²) in [7, 11) is 0. The highest BCUT2D eigenvalue weighted by molar-refractivity contribution is 7.20. The Hall–Kier alpha value is -3.22. The van der Waals surface area contributed by atoms with E-state index in [1.807, 2.05) is 48.5 Å². The van der Waals surface area contributed by atoms with Crippen LogP contribution in [0, 0.1) is 0 Å². The van der Waals surface area contributed by atoms with Gasteiger partial charge in [0.25, 0.3) is 11.8 Å². The van der Waals surface area contributed by atoms with Crippen LogP contribution < -0.4 is 10.8 Å². The molecule has 1 heterocycles. The highest BCUT2D eigenvalue weighted by Crippen LogP contribution is 2.29. The summed E-state index contributed by atoms with van der Waals surface area (Å²) in [4.78, 5) is 24.7. The summed E-state index contributed by atoms with van der Waals surface area (Å²) in [6.07, 6.45) is 0. The molecule has 0 fully saturated rings. The predicted molar refractivity (Wildman–Crippen MR) is 103 cm³/mol. The van der Waals surface area contributed by atoms with E-state index in [0.29, 0.717) is 16.1 Å². The first-order valence-electron chi connectivity index (χ1n) is 7.93. The lowest BCUT2D eigenvalue weighted by Crippen LogP contribution is -2.16. The van der Waals surface area contributed by atoms with Crippen LogP contribution in [0.25, 0.3) is 20.9 Å². The standard InChI is InChI=1S/C20H14N2O3S/c23-19(16-7-3-5-12-4-1-2-6-15(12)16)21-14-9-8-13-10-18(20(24)22-25)26-17(13)11-14/h1-11,25H,(H,21,23)(H,22,24). The van der Waals surface area contributed by atoms with Crippen LogP contribution in [-0.4, -0.2) is 17.0 Å². The smallest absolute Gasteiger partial charge is 0.284 e. The van der Waals surface area contributed by atoms with Crippen LogP contribution in [0.5, 0.6) is 0 Å². The number of anilines is 1. The van der Waals surface area contributed by atoms with Crippen LogP contribution in [0.1, 0.15) is 20.0 Å². The molecule has 2 amide bonds. The van der Waals surface area contributed by atoms with Gasteiger partial charge in [-0.3, -0.25) is 14.8 Å². The topological polar surface area (TPSA) is 78.4 Å². The number of fused-ring (bicyclic) bond motifs is 2. The van der Waals surface area contributed by atoms with Crippen molar-refractivity contribution in [2.45, 2.75) is 0 Å². The first kappa shape index (κ1) is 16.3. The van der Waals surface area contributed by atoms with E-state index < -0.39 is 5.91 Å². The molecule has 0 aliphatic rings. The fourth-order valence-electron chi connectivity index (χ4n) is 2.90. The molecule has 0 unspecified atom stereocenters. The molecule has 3 aromatic carbocycles. The lowest BCUT2D eigenvalue weighted by Gasteiger charge is -2.08. The normalized spacial score (nSPS) is 10.8. The molecule has 4 aromatic rings. The molecule has 4 rings (SSSR count). The van der Waals surface area contributed by atoms with E-state index in [0.717, 1.165) is 20.9 Å². The van der Waals surface area contributed by atoms with Gasteiger partial charge in [0.05, 0.1) is 4.88 Å². The zero-order valence-electron chi connectivity index (χ0n) is 13.5. The number of carbonyl (C=O) groups excluding carboxylic acids is 2. The van der Waals surface area contributed by atoms with Crippen LogP contribution >= 0.6 is 11.3 Å². The third kappa shape index (κ3) is 2.92. The van der Waals surface area contributed by atoms with Gasteiger partial charge in [0.15, 0.2) is 0 Å². The molecule has 0 bridgehead atoms. The molecule has 1 aromatic heterocycles. The highest BCUT2D eigenvalue weighted by Gasteiger charge is 2.12. The number of thiophene rings is 1. The van der Waals surface area contributed by atoms with E-state index in [1.165, 1.54) is 11.3 Å². The Balaban J connectivity index is 1.66. The summed E-state index contributed by atoms with van der Waals surface area (Å²) in [6, 6.07) is 20.5. The van der Waals surface area contributed by atoms with Gasteiger partial charge in [-0.2, -0.15) is 0 Å². The summed E-state index contributed by atoms with van der Waals surface area (Å²) < 4.78 is 0.847. The summed E-state index contributed by atoms with van der Waals surface area (Å²) in [5.41, 5.74) is 2.88. The number of nitrogens with one attached hydrogen (secondary N) is 2. The first-order chi connectivity index (χ1) is 12.7. The van der Waals surface area contributed by atoms with Gasteiger partial charge < -0.3 is 5.32 Å². The van der Waals surface area contributed by atoms with Crippen molar-refractivity contribution in [2.75, 3.05) is 5.32 Å². The zero-order valence-corrected chi connectivity index (χ0v) is 14.3. The average molecular weight is 362 g/mol. The van der Waals surface area contributed by atoms with E-state index in [-0.39, 0.29) is 5.91 Å². The SMILES string of the molecule is O=C(NO)c1cc2ccc(NC(=O)c3cccc4ccccc34)cc2s1. The van der Waals surface area contributed by atoms with Gasteiger partial charge in [0.1, 0.15) is 0 Å². The number of carbonyl (C=O) groups is 2. The monoisotopic (exact) mass is 362 g/mol. The van der Waals surface area contributed by atoms with Crippen LogP contribution in [-0.2, 0) is 0 Å². The predicted octanol–water partition coefficient (Wildman–Crippen LogP) is 4.43. The van der Waals surface area contributed by atoms with E-state index in [2.05, 4.69) is 5.32 Å². The Labute approximate surface area is 152 Å². The Morgan fingerprint density at radius 3 is 2.50 bits per heavy atom. The maximum absolute atomic E-state index is 12.7. The summed E-state index contributed by atoms with van der Waals surface area (Å²) in [6.45, 7) is 0. The van der Waals surface area contributed by atoms with Gasteiger partial charge in [-0.15, -0.1) is 11.3 Å². The molecule has 0 radical (unpaired) electrons. The largest absolute Gasteiger partial charge is 0.322 e. The van der Waals surface area contributed by atoms with Crippen molar-refractivity contribution in [3.8, 4) is 0 Å². The van der Waals surface area contributed by atoms with E-state index in [4.69, 9.17) is 5.21 Å². The molecule has 0 spiro atoms. The summed E-state index contributed by atoms with van der Waals surface area (Å²) in [5, 5.41) is 14.4. The van der Waals surface area contributed by atoms with Crippen LogP contribution in [0.3, 0.4) is 0 Å². The Morgan fingerprint density at radius 2 is 1.65 bits per heavy atom. The van der Waals surface area contributed by atoms with Gasteiger partial charge >= 0.3 is 0 Å². The molecule has 0 aliphatic heterocycles. The van der Waals surface area contributed by atoms with Crippen molar-refractivity contribution in [2.24, 2.45) is 0 Å². The number of hydrogen-bond donors (Lipinski definition) is 3. The maximum atomic E-state index is 12.7. The van der Waals surface area contributed by atoms with Gasteiger partial charge in [0, 0.05) is 16.0 Å². The average Bonchev–Trinajstić information content (AvgIpc) is 3.10. The number of benzene rings is 3. The van der Waals surface area contributed by atoms with Crippen molar-refractivity contribution in [1.29, 1.82) is 0 Å². The van der Waals surface area contributed by atoms with Gasteiger partial charge in [-0.25, -0.2) is 5.48 Å². The highest BCUT2D eigenvalue weighted by atomic mass is 32.1. The number of rotatable bonds is 3. The number of hydroxylamine groups is 1. The minimum Gasteiger partial charge on any atom is -0.322 e.